The number of hydrogen-bond donors (Lipinski definition) is 1. The molecule has 2 fully saturated rings. The van der Waals surface area contributed by atoms with Gasteiger partial charge in [-0.05, 0) is 24.8 Å². The van der Waals surface area contributed by atoms with Crippen molar-refractivity contribution >= 4 is 23.8 Å². The number of piperidine rings is 1. The third kappa shape index (κ3) is 3.59. The number of urea groups is 1. The summed E-state index contributed by atoms with van der Waals surface area (Å²) in [6.07, 6.45) is 2.27. The van der Waals surface area contributed by atoms with Crippen LogP contribution >= 0.6 is 0 Å². The van der Waals surface area contributed by atoms with Gasteiger partial charge in [0.1, 0.15) is 12.3 Å². The Balaban J connectivity index is 1.38. The van der Waals surface area contributed by atoms with E-state index in [0.717, 1.165) is 17.7 Å². The van der Waals surface area contributed by atoms with Crippen LogP contribution in [0.2, 0.25) is 0 Å². The van der Waals surface area contributed by atoms with E-state index in [1.807, 2.05) is 0 Å². The smallest absolute Gasteiger partial charge is 0.326 e. The number of esters is 1. The first-order valence-corrected chi connectivity index (χ1v) is 10.2. The third-order valence-corrected chi connectivity index (χ3v) is 5.91. The van der Waals surface area contributed by atoms with Gasteiger partial charge in [-0.1, -0.05) is 25.1 Å². The molecule has 0 aromatic heterocycles. The Kier molecular flexibility index (Phi) is 5.36. The lowest BCUT2D eigenvalue weighted by Gasteiger charge is -2.33. The van der Waals surface area contributed by atoms with Gasteiger partial charge in [0.25, 0.3) is 11.8 Å². The molecule has 2 saturated heterocycles. The van der Waals surface area contributed by atoms with Gasteiger partial charge in [-0.2, -0.15) is 0 Å². The average Bonchev–Trinajstić information content (AvgIpc) is 2.97. The molecule has 1 aromatic carbocycles. The van der Waals surface area contributed by atoms with Crippen molar-refractivity contribution in [1.82, 2.24) is 15.1 Å². The van der Waals surface area contributed by atoms with Crippen LogP contribution in [0.4, 0.5) is 4.79 Å². The maximum absolute atomic E-state index is 13.1. The molecule has 0 saturated carbocycles. The summed E-state index contributed by atoms with van der Waals surface area (Å²) >= 11 is 0. The SMILES string of the molecule is C[C@@H]1CCCN(C(=O)COC(=O)CN2C(=O)N[C@]3(CCOc4ccccc43)C2=O)C1. The highest BCUT2D eigenvalue weighted by atomic mass is 16.5. The molecule has 3 aliphatic heterocycles. The van der Waals surface area contributed by atoms with Gasteiger partial charge in [0.2, 0.25) is 0 Å². The number of nitrogens with zero attached hydrogens (tertiary/aromatic N) is 2. The summed E-state index contributed by atoms with van der Waals surface area (Å²) < 4.78 is 10.7. The zero-order valence-corrected chi connectivity index (χ0v) is 16.9. The van der Waals surface area contributed by atoms with Gasteiger partial charge in [-0.3, -0.25) is 19.3 Å². The molecular formula is C21H25N3O6. The summed E-state index contributed by atoms with van der Waals surface area (Å²) in [5.41, 5.74) is -0.675. The number of benzene rings is 1. The first kappa shape index (κ1) is 20.2. The minimum atomic E-state index is -1.24. The molecule has 3 aliphatic rings. The van der Waals surface area contributed by atoms with Crippen LogP contribution < -0.4 is 10.1 Å². The van der Waals surface area contributed by atoms with Gasteiger partial charge in [0.15, 0.2) is 12.1 Å². The number of fused-ring (bicyclic) bond motifs is 2. The van der Waals surface area contributed by atoms with Crippen molar-refractivity contribution < 1.29 is 28.7 Å². The molecule has 3 heterocycles. The van der Waals surface area contributed by atoms with Crippen LogP contribution in [-0.4, -0.2) is 66.5 Å². The summed E-state index contributed by atoms with van der Waals surface area (Å²) in [5.74, 6) is -0.626. The van der Waals surface area contributed by atoms with Crippen LogP contribution in [0.25, 0.3) is 0 Å². The van der Waals surface area contributed by atoms with Crippen LogP contribution in [0.3, 0.4) is 0 Å². The number of carbonyl (C=O) groups excluding carboxylic acids is 4. The monoisotopic (exact) mass is 415 g/mol. The minimum Gasteiger partial charge on any atom is -0.493 e. The van der Waals surface area contributed by atoms with Gasteiger partial charge in [-0.15, -0.1) is 0 Å². The molecule has 1 aromatic rings. The highest BCUT2D eigenvalue weighted by Crippen LogP contribution is 2.40. The maximum Gasteiger partial charge on any atom is 0.326 e. The van der Waals surface area contributed by atoms with E-state index < -0.39 is 36.6 Å². The van der Waals surface area contributed by atoms with E-state index in [1.54, 1.807) is 29.2 Å². The Bertz CT molecular complexity index is 887. The maximum atomic E-state index is 13.1. The minimum absolute atomic E-state index is 0.262. The highest BCUT2D eigenvalue weighted by Gasteiger charge is 2.55. The second kappa shape index (κ2) is 7.97. The Morgan fingerprint density at radius 1 is 1.30 bits per heavy atom. The lowest BCUT2D eigenvalue weighted by atomic mass is 9.84. The Morgan fingerprint density at radius 2 is 2.10 bits per heavy atom. The van der Waals surface area contributed by atoms with Crippen molar-refractivity contribution in [2.45, 2.75) is 31.7 Å². The van der Waals surface area contributed by atoms with Gasteiger partial charge in [0, 0.05) is 25.1 Å². The fourth-order valence-corrected chi connectivity index (χ4v) is 4.34. The molecule has 4 rings (SSSR count). The van der Waals surface area contributed by atoms with Crippen molar-refractivity contribution in [2.24, 2.45) is 5.92 Å². The lowest BCUT2D eigenvalue weighted by Crippen LogP contribution is -2.48. The number of hydrogen-bond acceptors (Lipinski definition) is 6. The van der Waals surface area contributed by atoms with E-state index in [1.165, 1.54) is 0 Å². The largest absolute Gasteiger partial charge is 0.493 e. The Morgan fingerprint density at radius 3 is 2.90 bits per heavy atom. The number of imide groups is 1. The summed E-state index contributed by atoms with van der Waals surface area (Å²) in [4.78, 5) is 52.7. The fourth-order valence-electron chi connectivity index (χ4n) is 4.34. The number of amides is 4. The summed E-state index contributed by atoms with van der Waals surface area (Å²) in [6, 6.07) is 6.35. The normalized spacial score (nSPS) is 25.6. The molecule has 0 radical (unpaired) electrons. The van der Waals surface area contributed by atoms with Crippen LogP contribution in [0.5, 0.6) is 5.75 Å². The number of para-hydroxylation sites is 1. The molecule has 30 heavy (non-hydrogen) atoms. The van der Waals surface area contributed by atoms with Gasteiger partial charge in [0.05, 0.1) is 6.61 Å². The topological polar surface area (TPSA) is 105 Å². The number of rotatable bonds is 4. The van der Waals surface area contributed by atoms with Crippen molar-refractivity contribution in [3.8, 4) is 5.75 Å². The summed E-state index contributed by atoms with van der Waals surface area (Å²) in [5, 5.41) is 2.73. The van der Waals surface area contributed by atoms with E-state index in [9.17, 15) is 19.2 Å². The first-order chi connectivity index (χ1) is 14.4. The quantitative estimate of drug-likeness (QED) is 0.581. The second-order valence-electron chi connectivity index (χ2n) is 8.07. The first-order valence-electron chi connectivity index (χ1n) is 10.2. The zero-order valence-electron chi connectivity index (χ0n) is 16.9. The third-order valence-electron chi connectivity index (χ3n) is 5.91. The zero-order chi connectivity index (χ0) is 21.3. The van der Waals surface area contributed by atoms with Crippen LogP contribution in [0.15, 0.2) is 24.3 Å². The van der Waals surface area contributed by atoms with Crippen molar-refractivity contribution in [3.63, 3.8) is 0 Å². The Labute approximate surface area is 174 Å². The molecular weight excluding hydrogens is 390 g/mol. The summed E-state index contributed by atoms with van der Waals surface area (Å²) in [6.45, 7) is 2.71. The lowest BCUT2D eigenvalue weighted by molar-refractivity contribution is -0.154. The molecule has 0 bridgehead atoms. The molecule has 1 N–H and O–H groups in total. The van der Waals surface area contributed by atoms with E-state index in [4.69, 9.17) is 9.47 Å². The molecule has 9 nitrogen and oxygen atoms in total. The molecule has 4 amide bonds. The Hall–Kier alpha value is -3.10. The number of nitrogens with one attached hydrogen (secondary N) is 1. The predicted octanol–water partition coefficient (Wildman–Crippen LogP) is 1.02. The van der Waals surface area contributed by atoms with E-state index >= 15 is 0 Å². The second-order valence-corrected chi connectivity index (χ2v) is 8.07. The molecule has 2 atom stereocenters. The molecule has 9 heteroatoms. The van der Waals surface area contributed by atoms with E-state index in [2.05, 4.69) is 12.2 Å². The van der Waals surface area contributed by atoms with Gasteiger partial charge >= 0.3 is 12.0 Å². The van der Waals surface area contributed by atoms with Crippen molar-refractivity contribution in [2.75, 3.05) is 32.8 Å². The molecule has 1 spiro atoms. The molecule has 0 unspecified atom stereocenters. The van der Waals surface area contributed by atoms with Crippen molar-refractivity contribution in [1.29, 1.82) is 0 Å². The van der Waals surface area contributed by atoms with Gasteiger partial charge in [-0.25, -0.2) is 4.79 Å². The van der Waals surface area contributed by atoms with E-state index in [-0.39, 0.29) is 18.9 Å². The number of carbonyl (C=O) groups is 4. The number of likely N-dealkylation sites (tertiary alicyclic amines) is 1. The highest BCUT2D eigenvalue weighted by molar-refractivity contribution is 6.09. The summed E-state index contributed by atoms with van der Waals surface area (Å²) in [7, 11) is 0. The fraction of sp³-hybridized carbons (Fsp3) is 0.524. The molecule has 0 aliphatic carbocycles. The van der Waals surface area contributed by atoms with Crippen molar-refractivity contribution in [3.05, 3.63) is 29.8 Å². The van der Waals surface area contributed by atoms with E-state index in [0.29, 0.717) is 30.3 Å². The average molecular weight is 415 g/mol. The van der Waals surface area contributed by atoms with Gasteiger partial charge < -0.3 is 19.7 Å². The predicted molar refractivity (Wildman–Crippen MR) is 104 cm³/mol. The molecule has 160 valence electrons. The van der Waals surface area contributed by atoms with Crippen LogP contribution in [-0.2, 0) is 24.7 Å². The van der Waals surface area contributed by atoms with Crippen LogP contribution in [0, 0.1) is 5.92 Å². The number of ether oxygens (including phenoxy) is 2. The standard InChI is InChI=1S/C21H25N3O6/c1-14-5-4-9-23(11-14)17(25)13-30-18(26)12-24-19(27)21(22-20(24)28)8-10-29-16-7-3-2-6-15(16)21/h2-3,6-7,14H,4-5,8-13H2,1H3,(H,22,28)/t14-,21+/m1/s1. The van der Waals surface area contributed by atoms with Crippen LogP contribution in [0.1, 0.15) is 31.7 Å².